The molecule has 0 radical (unpaired) electrons. The minimum Gasteiger partial charge on any atom is -0.339 e. The SMILES string of the molecule is O=C(C1CC1)N1CCN(C(=O)C2CC2)CC1. The summed E-state index contributed by atoms with van der Waals surface area (Å²) in [5.41, 5.74) is 0. The number of hydrogen-bond acceptors (Lipinski definition) is 2. The van der Waals surface area contributed by atoms with Crippen molar-refractivity contribution in [3.63, 3.8) is 0 Å². The zero-order valence-corrected chi connectivity index (χ0v) is 9.52. The third-order valence-electron chi connectivity index (χ3n) is 3.76. The highest BCUT2D eigenvalue weighted by Crippen LogP contribution is 2.33. The summed E-state index contributed by atoms with van der Waals surface area (Å²) >= 11 is 0. The van der Waals surface area contributed by atoms with Crippen molar-refractivity contribution < 1.29 is 9.59 Å². The highest BCUT2D eigenvalue weighted by atomic mass is 16.2. The van der Waals surface area contributed by atoms with Gasteiger partial charge in [0.15, 0.2) is 0 Å². The number of amides is 2. The van der Waals surface area contributed by atoms with Crippen molar-refractivity contribution >= 4 is 11.8 Å². The van der Waals surface area contributed by atoms with Gasteiger partial charge >= 0.3 is 0 Å². The average Bonchev–Trinajstić information content (AvgIpc) is 3.20. The Morgan fingerprint density at radius 2 is 1.00 bits per heavy atom. The molecule has 3 aliphatic rings. The monoisotopic (exact) mass is 222 g/mol. The average molecular weight is 222 g/mol. The molecule has 0 aromatic rings. The third kappa shape index (κ3) is 1.93. The van der Waals surface area contributed by atoms with Gasteiger partial charge in [0.25, 0.3) is 0 Å². The second kappa shape index (κ2) is 3.75. The van der Waals surface area contributed by atoms with Crippen LogP contribution in [0.1, 0.15) is 25.7 Å². The predicted molar refractivity (Wildman–Crippen MR) is 58.6 cm³/mol. The van der Waals surface area contributed by atoms with Gasteiger partial charge in [-0.15, -0.1) is 0 Å². The molecule has 3 rings (SSSR count). The Balaban J connectivity index is 1.50. The van der Waals surface area contributed by atoms with Gasteiger partial charge in [0.05, 0.1) is 0 Å². The fourth-order valence-corrected chi connectivity index (χ4v) is 2.32. The number of piperazine rings is 1. The molecule has 0 unspecified atom stereocenters. The van der Waals surface area contributed by atoms with Crippen LogP contribution in [0, 0.1) is 11.8 Å². The number of carbonyl (C=O) groups is 2. The van der Waals surface area contributed by atoms with Crippen LogP contribution in [0.25, 0.3) is 0 Å². The van der Waals surface area contributed by atoms with Crippen LogP contribution in [0.2, 0.25) is 0 Å². The van der Waals surface area contributed by atoms with Gasteiger partial charge in [-0.1, -0.05) is 0 Å². The maximum Gasteiger partial charge on any atom is 0.225 e. The summed E-state index contributed by atoms with van der Waals surface area (Å²) in [6.07, 6.45) is 4.28. The minimum atomic E-state index is 0.311. The second-order valence-electron chi connectivity index (χ2n) is 5.20. The number of hydrogen-bond donors (Lipinski definition) is 0. The maximum absolute atomic E-state index is 11.8. The third-order valence-corrected chi connectivity index (χ3v) is 3.76. The fourth-order valence-electron chi connectivity index (χ4n) is 2.32. The summed E-state index contributed by atoms with van der Waals surface area (Å²) in [5.74, 6) is 1.26. The molecule has 1 aliphatic heterocycles. The molecule has 0 aromatic heterocycles. The molecule has 0 N–H and O–H groups in total. The van der Waals surface area contributed by atoms with Gasteiger partial charge in [-0.2, -0.15) is 0 Å². The highest BCUT2D eigenvalue weighted by Gasteiger charge is 2.37. The van der Waals surface area contributed by atoms with Gasteiger partial charge in [-0.25, -0.2) is 0 Å². The fraction of sp³-hybridized carbons (Fsp3) is 0.833. The van der Waals surface area contributed by atoms with Gasteiger partial charge in [0, 0.05) is 38.0 Å². The second-order valence-corrected chi connectivity index (χ2v) is 5.20. The molecule has 0 bridgehead atoms. The Bertz CT molecular complexity index is 281. The van der Waals surface area contributed by atoms with E-state index >= 15 is 0 Å². The molecule has 3 fully saturated rings. The summed E-state index contributed by atoms with van der Waals surface area (Å²) < 4.78 is 0. The van der Waals surface area contributed by atoms with Gasteiger partial charge in [0.2, 0.25) is 11.8 Å². The first kappa shape index (κ1) is 10.1. The van der Waals surface area contributed by atoms with Crippen molar-refractivity contribution in [3.8, 4) is 0 Å². The van der Waals surface area contributed by atoms with Crippen LogP contribution in [0.15, 0.2) is 0 Å². The van der Waals surface area contributed by atoms with E-state index in [1.165, 1.54) is 0 Å². The minimum absolute atomic E-state index is 0.311. The lowest BCUT2D eigenvalue weighted by Gasteiger charge is -2.35. The molecule has 2 aliphatic carbocycles. The largest absolute Gasteiger partial charge is 0.339 e. The number of carbonyl (C=O) groups excluding carboxylic acids is 2. The quantitative estimate of drug-likeness (QED) is 0.681. The van der Waals surface area contributed by atoms with Crippen LogP contribution in [-0.2, 0) is 9.59 Å². The Morgan fingerprint density at radius 3 is 1.25 bits per heavy atom. The van der Waals surface area contributed by atoms with Crippen molar-refractivity contribution in [1.82, 2.24) is 9.80 Å². The van der Waals surface area contributed by atoms with Crippen molar-refractivity contribution in [2.45, 2.75) is 25.7 Å². The first-order valence-electron chi connectivity index (χ1n) is 6.33. The molecule has 1 heterocycles. The van der Waals surface area contributed by atoms with Crippen LogP contribution in [-0.4, -0.2) is 47.8 Å². The molecule has 0 aromatic carbocycles. The zero-order chi connectivity index (χ0) is 11.1. The van der Waals surface area contributed by atoms with Gasteiger partial charge in [0.1, 0.15) is 0 Å². The highest BCUT2D eigenvalue weighted by molar-refractivity contribution is 5.83. The van der Waals surface area contributed by atoms with Crippen molar-refractivity contribution in [3.05, 3.63) is 0 Å². The molecule has 1 saturated heterocycles. The van der Waals surface area contributed by atoms with E-state index in [-0.39, 0.29) is 0 Å². The standard InChI is InChI=1S/C12H18N2O2/c15-11(9-1-2-9)13-5-7-14(8-6-13)12(16)10-3-4-10/h9-10H,1-8H2. The maximum atomic E-state index is 11.8. The first-order chi connectivity index (χ1) is 7.75. The predicted octanol–water partition coefficient (Wildman–Crippen LogP) is 0.477. The Labute approximate surface area is 95.6 Å². The molecule has 4 nitrogen and oxygen atoms in total. The zero-order valence-electron chi connectivity index (χ0n) is 9.52. The van der Waals surface area contributed by atoms with Crippen molar-refractivity contribution in [1.29, 1.82) is 0 Å². The molecule has 88 valence electrons. The van der Waals surface area contributed by atoms with Crippen LogP contribution in [0.5, 0.6) is 0 Å². The lowest BCUT2D eigenvalue weighted by Crippen LogP contribution is -2.51. The van der Waals surface area contributed by atoms with Gasteiger partial charge in [-0.3, -0.25) is 9.59 Å². The summed E-state index contributed by atoms with van der Waals surface area (Å²) in [5, 5.41) is 0. The van der Waals surface area contributed by atoms with Crippen LogP contribution in [0.4, 0.5) is 0 Å². The summed E-state index contributed by atoms with van der Waals surface area (Å²) in [7, 11) is 0. The van der Waals surface area contributed by atoms with E-state index < -0.39 is 0 Å². The molecular weight excluding hydrogens is 204 g/mol. The molecule has 2 amide bonds. The van der Waals surface area contributed by atoms with Gasteiger partial charge < -0.3 is 9.80 Å². The lowest BCUT2D eigenvalue weighted by atomic mass is 10.2. The van der Waals surface area contributed by atoms with Gasteiger partial charge in [-0.05, 0) is 25.7 Å². The Kier molecular flexibility index (Phi) is 2.37. The molecular formula is C12H18N2O2. The van der Waals surface area contributed by atoms with Crippen LogP contribution >= 0.6 is 0 Å². The smallest absolute Gasteiger partial charge is 0.225 e. The van der Waals surface area contributed by atoms with E-state index in [1.807, 2.05) is 9.80 Å². The molecule has 2 saturated carbocycles. The summed E-state index contributed by atoms with van der Waals surface area (Å²) in [6, 6.07) is 0. The summed E-state index contributed by atoms with van der Waals surface area (Å²) in [6.45, 7) is 2.98. The Morgan fingerprint density at radius 1 is 0.688 bits per heavy atom. The normalized spacial score (nSPS) is 25.8. The van der Waals surface area contributed by atoms with Crippen molar-refractivity contribution in [2.24, 2.45) is 11.8 Å². The molecule has 0 atom stereocenters. The summed E-state index contributed by atoms with van der Waals surface area (Å²) in [4.78, 5) is 27.5. The molecule has 4 heteroatoms. The van der Waals surface area contributed by atoms with E-state index in [0.29, 0.717) is 23.7 Å². The van der Waals surface area contributed by atoms with E-state index in [0.717, 1.165) is 51.9 Å². The van der Waals surface area contributed by atoms with Crippen LogP contribution in [0.3, 0.4) is 0 Å². The van der Waals surface area contributed by atoms with Crippen LogP contribution < -0.4 is 0 Å². The van der Waals surface area contributed by atoms with E-state index in [9.17, 15) is 9.59 Å². The number of nitrogens with zero attached hydrogens (tertiary/aromatic N) is 2. The van der Waals surface area contributed by atoms with E-state index in [4.69, 9.17) is 0 Å². The van der Waals surface area contributed by atoms with E-state index in [2.05, 4.69) is 0 Å². The first-order valence-corrected chi connectivity index (χ1v) is 6.33. The molecule has 0 spiro atoms. The van der Waals surface area contributed by atoms with Crippen molar-refractivity contribution in [2.75, 3.05) is 26.2 Å². The lowest BCUT2D eigenvalue weighted by molar-refractivity contribution is -0.141. The molecule has 16 heavy (non-hydrogen) atoms. The number of rotatable bonds is 2. The van der Waals surface area contributed by atoms with E-state index in [1.54, 1.807) is 0 Å². The Hall–Kier alpha value is -1.06. The topological polar surface area (TPSA) is 40.6 Å².